The zero-order valence-electron chi connectivity index (χ0n) is 17.8. The highest BCUT2D eigenvalue weighted by Gasteiger charge is 2.24. The van der Waals surface area contributed by atoms with Crippen LogP contribution in [0.2, 0.25) is 0 Å². The summed E-state index contributed by atoms with van der Waals surface area (Å²) in [6, 6.07) is 28.0. The van der Waals surface area contributed by atoms with E-state index in [4.69, 9.17) is 4.74 Å². The number of benzene rings is 3. The van der Waals surface area contributed by atoms with Crippen molar-refractivity contribution in [1.29, 1.82) is 0 Å². The van der Waals surface area contributed by atoms with E-state index in [1.54, 1.807) is 13.2 Å². The second-order valence-electron chi connectivity index (χ2n) is 7.71. The van der Waals surface area contributed by atoms with E-state index in [0.717, 1.165) is 38.7 Å². The van der Waals surface area contributed by atoms with Gasteiger partial charge in [-0.2, -0.15) is 4.57 Å². The van der Waals surface area contributed by atoms with Crippen LogP contribution in [0.4, 0.5) is 0 Å². The molecule has 4 nitrogen and oxygen atoms in total. The normalized spacial score (nSPS) is 11.4. The van der Waals surface area contributed by atoms with E-state index >= 15 is 0 Å². The number of ether oxygens (including phenoxy) is 1. The van der Waals surface area contributed by atoms with Crippen molar-refractivity contribution in [1.82, 2.24) is 4.98 Å². The minimum absolute atomic E-state index is 0.0473. The number of ketones is 1. The van der Waals surface area contributed by atoms with Crippen molar-refractivity contribution in [3.8, 4) is 5.75 Å². The molecule has 156 valence electrons. The zero-order chi connectivity index (χ0) is 21.9. The second kappa shape index (κ2) is 8.52. The van der Waals surface area contributed by atoms with Crippen molar-refractivity contribution in [3.63, 3.8) is 0 Å². The number of aromatic amines is 1. The standard InChI is InChI=1S/C28H22N2O2/c1-32-22-14-11-20(12-15-22)13-16-26(31)28-27-24(23-9-5-6-10-25(23)29-27)17-18-30(28)19-21-7-3-2-4-8-21/h2-18H,19H2,1H3/p+1/b16-13+. The lowest BCUT2D eigenvalue weighted by molar-refractivity contribution is -0.688. The van der Waals surface area contributed by atoms with E-state index in [-0.39, 0.29) is 5.78 Å². The Bertz CT molecular complexity index is 1430. The number of hydrogen-bond acceptors (Lipinski definition) is 2. The lowest BCUT2D eigenvalue weighted by atomic mass is 10.1. The first-order chi connectivity index (χ1) is 15.7. The average Bonchev–Trinajstić information content (AvgIpc) is 3.22. The van der Waals surface area contributed by atoms with Crippen LogP contribution >= 0.6 is 0 Å². The van der Waals surface area contributed by atoms with Gasteiger partial charge in [-0.1, -0.05) is 66.7 Å². The topological polar surface area (TPSA) is 46.0 Å². The van der Waals surface area contributed by atoms with Gasteiger partial charge in [-0.05, 0) is 29.8 Å². The average molecular weight is 420 g/mol. The first kappa shape index (κ1) is 19.8. The van der Waals surface area contributed by atoms with Crippen LogP contribution in [0.1, 0.15) is 21.6 Å². The van der Waals surface area contributed by atoms with Crippen LogP contribution in [-0.4, -0.2) is 17.9 Å². The Balaban J connectivity index is 1.61. The number of rotatable bonds is 6. The molecule has 0 aliphatic heterocycles. The van der Waals surface area contributed by atoms with Crippen LogP contribution in [0.5, 0.6) is 5.75 Å². The van der Waals surface area contributed by atoms with Crippen molar-refractivity contribution < 1.29 is 14.1 Å². The van der Waals surface area contributed by atoms with Gasteiger partial charge in [-0.15, -0.1) is 0 Å². The molecule has 0 atom stereocenters. The number of nitrogens with zero attached hydrogens (tertiary/aromatic N) is 1. The highest BCUT2D eigenvalue weighted by molar-refractivity contribution is 6.16. The van der Waals surface area contributed by atoms with E-state index in [1.807, 2.05) is 77.5 Å². The molecule has 0 fully saturated rings. The number of carbonyl (C=O) groups is 1. The Morgan fingerprint density at radius 2 is 1.66 bits per heavy atom. The number of nitrogens with one attached hydrogen (secondary N) is 1. The van der Waals surface area contributed by atoms with Crippen LogP contribution in [0, 0.1) is 0 Å². The van der Waals surface area contributed by atoms with Crippen molar-refractivity contribution >= 4 is 33.7 Å². The van der Waals surface area contributed by atoms with Crippen molar-refractivity contribution in [2.75, 3.05) is 7.11 Å². The Hall–Kier alpha value is -4.18. The summed E-state index contributed by atoms with van der Waals surface area (Å²) in [6.45, 7) is 0.615. The van der Waals surface area contributed by atoms with Crippen LogP contribution < -0.4 is 9.30 Å². The highest BCUT2D eigenvalue weighted by atomic mass is 16.5. The van der Waals surface area contributed by atoms with Gasteiger partial charge in [-0.3, -0.25) is 4.79 Å². The lowest BCUT2D eigenvalue weighted by Gasteiger charge is -2.04. The molecule has 3 aromatic carbocycles. The fourth-order valence-electron chi connectivity index (χ4n) is 4.05. The van der Waals surface area contributed by atoms with Crippen LogP contribution in [0.15, 0.2) is 97.2 Å². The van der Waals surface area contributed by atoms with Gasteiger partial charge in [0.05, 0.1) is 7.11 Å². The zero-order valence-corrected chi connectivity index (χ0v) is 17.8. The molecule has 1 N–H and O–H groups in total. The highest BCUT2D eigenvalue weighted by Crippen LogP contribution is 2.26. The van der Waals surface area contributed by atoms with Gasteiger partial charge in [0.15, 0.2) is 12.7 Å². The van der Waals surface area contributed by atoms with Gasteiger partial charge in [-0.25, -0.2) is 0 Å². The molecular weight excluding hydrogens is 396 g/mol. The molecule has 0 amide bonds. The summed E-state index contributed by atoms with van der Waals surface area (Å²) in [6.07, 6.45) is 5.49. The Labute approximate surface area is 186 Å². The molecule has 5 rings (SSSR count). The SMILES string of the molecule is COc1ccc(/C=C/C(=O)c2c3[nH]c4ccccc4c3cc[n+]2Cc2ccccc2)cc1. The van der Waals surface area contributed by atoms with Crippen molar-refractivity contribution in [2.24, 2.45) is 0 Å². The molecular formula is C28H23N2O2+. The number of H-pyrrole nitrogens is 1. The minimum atomic E-state index is -0.0473. The molecule has 32 heavy (non-hydrogen) atoms. The molecule has 0 radical (unpaired) electrons. The smallest absolute Gasteiger partial charge is 0.277 e. The fraction of sp³-hybridized carbons (Fsp3) is 0.0714. The Morgan fingerprint density at radius 1 is 0.906 bits per heavy atom. The number of hydrogen-bond donors (Lipinski definition) is 1. The predicted octanol–water partition coefficient (Wildman–Crippen LogP) is 5.56. The van der Waals surface area contributed by atoms with Crippen LogP contribution in [-0.2, 0) is 6.54 Å². The third-order valence-corrected chi connectivity index (χ3v) is 5.66. The molecule has 0 saturated heterocycles. The van der Waals surface area contributed by atoms with E-state index < -0.39 is 0 Å². The third-order valence-electron chi connectivity index (χ3n) is 5.66. The number of allylic oxidation sites excluding steroid dienone is 1. The Kier molecular flexibility index (Phi) is 5.26. The number of methoxy groups -OCH3 is 1. The molecule has 2 heterocycles. The molecule has 5 aromatic rings. The molecule has 0 spiro atoms. The van der Waals surface area contributed by atoms with Gasteiger partial charge in [0.2, 0.25) is 0 Å². The largest absolute Gasteiger partial charge is 0.497 e. The number of aromatic nitrogens is 2. The minimum Gasteiger partial charge on any atom is -0.497 e. The van der Waals surface area contributed by atoms with Crippen molar-refractivity contribution in [2.45, 2.75) is 6.54 Å². The lowest BCUT2D eigenvalue weighted by Crippen LogP contribution is -2.40. The Morgan fingerprint density at radius 3 is 2.44 bits per heavy atom. The molecule has 0 saturated carbocycles. The first-order valence-electron chi connectivity index (χ1n) is 10.6. The maximum Gasteiger partial charge on any atom is 0.277 e. The number of carbonyl (C=O) groups excluding carboxylic acids is 1. The molecule has 0 aliphatic carbocycles. The van der Waals surface area contributed by atoms with Gasteiger partial charge < -0.3 is 9.72 Å². The van der Waals surface area contributed by atoms with E-state index in [2.05, 4.69) is 29.2 Å². The monoisotopic (exact) mass is 419 g/mol. The summed E-state index contributed by atoms with van der Waals surface area (Å²) in [7, 11) is 1.64. The second-order valence-corrected chi connectivity index (χ2v) is 7.71. The van der Waals surface area contributed by atoms with E-state index in [1.165, 1.54) is 0 Å². The van der Waals surface area contributed by atoms with Gasteiger partial charge in [0, 0.05) is 27.9 Å². The summed E-state index contributed by atoms with van der Waals surface area (Å²) in [5, 5.41) is 2.16. The maximum atomic E-state index is 13.5. The third kappa shape index (κ3) is 3.79. The number of pyridine rings is 1. The molecule has 0 bridgehead atoms. The molecule has 2 aromatic heterocycles. The quantitative estimate of drug-likeness (QED) is 0.222. The predicted molar refractivity (Wildman–Crippen MR) is 128 cm³/mol. The van der Waals surface area contributed by atoms with Gasteiger partial charge >= 0.3 is 0 Å². The summed E-state index contributed by atoms with van der Waals surface area (Å²) < 4.78 is 7.24. The number of para-hydroxylation sites is 1. The molecule has 4 heteroatoms. The van der Waals surface area contributed by atoms with Crippen LogP contribution in [0.25, 0.3) is 27.9 Å². The molecule has 0 aliphatic rings. The maximum absolute atomic E-state index is 13.5. The van der Waals surface area contributed by atoms with E-state index in [0.29, 0.717) is 12.2 Å². The van der Waals surface area contributed by atoms with E-state index in [9.17, 15) is 4.79 Å². The first-order valence-corrected chi connectivity index (χ1v) is 10.6. The summed E-state index contributed by atoms with van der Waals surface area (Å²) in [5.41, 5.74) is 4.60. The van der Waals surface area contributed by atoms with Crippen molar-refractivity contribution in [3.05, 3.63) is 114 Å². The van der Waals surface area contributed by atoms with Crippen LogP contribution in [0.3, 0.4) is 0 Å². The summed E-state index contributed by atoms with van der Waals surface area (Å²) in [4.78, 5) is 17.0. The fourth-order valence-corrected chi connectivity index (χ4v) is 4.05. The summed E-state index contributed by atoms with van der Waals surface area (Å²) in [5.74, 6) is 0.742. The molecule has 0 unspecified atom stereocenters. The van der Waals surface area contributed by atoms with Gasteiger partial charge in [0.25, 0.3) is 11.5 Å². The number of fused-ring (bicyclic) bond motifs is 3. The van der Waals surface area contributed by atoms with Gasteiger partial charge in [0.1, 0.15) is 11.3 Å². The summed E-state index contributed by atoms with van der Waals surface area (Å²) >= 11 is 0.